The fourth-order valence-corrected chi connectivity index (χ4v) is 5.41. The van der Waals surface area contributed by atoms with Crippen LogP contribution in [0.3, 0.4) is 0 Å². The molecule has 0 heterocycles. The van der Waals surface area contributed by atoms with Gasteiger partial charge in [-0.25, -0.2) is 0 Å². The standard InChI is InChI=1S/C15H20O4/c1-7-9(16)6-10-14(3)4-5-15(10,8(2)13(18)19)12(17)11(7)14/h7-8,10-11H,4-6H2,1-3H3,(H,18,19)/t7-,8?,10+,11+,14+,15?/m1/s1. The Labute approximate surface area is 112 Å². The van der Waals surface area contributed by atoms with E-state index in [4.69, 9.17) is 0 Å². The summed E-state index contributed by atoms with van der Waals surface area (Å²) in [5, 5.41) is 9.37. The van der Waals surface area contributed by atoms with Crippen LogP contribution in [-0.4, -0.2) is 22.6 Å². The van der Waals surface area contributed by atoms with Crippen LogP contribution >= 0.6 is 0 Å². The molecule has 3 aliphatic rings. The van der Waals surface area contributed by atoms with Crippen LogP contribution < -0.4 is 0 Å². The Morgan fingerprint density at radius 3 is 2.58 bits per heavy atom. The molecular weight excluding hydrogens is 244 g/mol. The molecule has 0 aromatic rings. The van der Waals surface area contributed by atoms with E-state index in [0.717, 1.165) is 6.42 Å². The summed E-state index contributed by atoms with van der Waals surface area (Å²) in [6.07, 6.45) is 1.90. The van der Waals surface area contributed by atoms with Crippen molar-refractivity contribution in [3.05, 3.63) is 0 Å². The summed E-state index contributed by atoms with van der Waals surface area (Å²) >= 11 is 0. The van der Waals surface area contributed by atoms with Gasteiger partial charge in [-0.15, -0.1) is 0 Å². The van der Waals surface area contributed by atoms with Crippen LogP contribution in [0.5, 0.6) is 0 Å². The summed E-state index contributed by atoms with van der Waals surface area (Å²) in [4.78, 5) is 36.4. The van der Waals surface area contributed by atoms with Crippen molar-refractivity contribution in [2.24, 2.45) is 34.5 Å². The summed E-state index contributed by atoms with van der Waals surface area (Å²) in [7, 11) is 0. The minimum absolute atomic E-state index is 0.0551. The zero-order valence-electron chi connectivity index (χ0n) is 11.6. The van der Waals surface area contributed by atoms with E-state index in [9.17, 15) is 19.5 Å². The van der Waals surface area contributed by atoms with Crippen molar-refractivity contribution in [1.82, 2.24) is 0 Å². The van der Waals surface area contributed by atoms with Gasteiger partial charge in [0.05, 0.1) is 5.92 Å². The molecule has 19 heavy (non-hydrogen) atoms. The molecule has 0 aromatic carbocycles. The van der Waals surface area contributed by atoms with Gasteiger partial charge in [-0.3, -0.25) is 14.4 Å². The molecule has 4 nitrogen and oxygen atoms in total. The van der Waals surface area contributed by atoms with E-state index >= 15 is 0 Å². The molecule has 0 aromatic heterocycles. The van der Waals surface area contributed by atoms with Gasteiger partial charge in [0.25, 0.3) is 0 Å². The van der Waals surface area contributed by atoms with Crippen LogP contribution in [-0.2, 0) is 14.4 Å². The highest BCUT2D eigenvalue weighted by Gasteiger charge is 2.75. The summed E-state index contributed by atoms with van der Waals surface area (Å²) in [6, 6.07) is 0. The molecule has 3 rings (SSSR count). The first kappa shape index (κ1) is 12.8. The number of Topliss-reactive ketones (excluding diaryl/α,β-unsaturated/α-hetero) is 2. The van der Waals surface area contributed by atoms with Crippen LogP contribution in [0, 0.1) is 34.5 Å². The number of hydrogen-bond acceptors (Lipinski definition) is 3. The highest BCUT2D eigenvalue weighted by atomic mass is 16.4. The molecule has 0 aliphatic heterocycles. The molecule has 0 amide bonds. The molecule has 4 heteroatoms. The maximum Gasteiger partial charge on any atom is 0.307 e. The maximum absolute atomic E-state index is 12.9. The van der Waals surface area contributed by atoms with Crippen LogP contribution in [0.2, 0.25) is 0 Å². The third kappa shape index (κ3) is 1.18. The minimum atomic E-state index is -0.912. The van der Waals surface area contributed by atoms with Gasteiger partial charge in [-0.1, -0.05) is 20.8 Å². The van der Waals surface area contributed by atoms with Crippen molar-refractivity contribution in [1.29, 1.82) is 0 Å². The molecule has 6 atom stereocenters. The van der Waals surface area contributed by atoms with Gasteiger partial charge in [0.2, 0.25) is 0 Å². The van der Waals surface area contributed by atoms with Gasteiger partial charge in [-0.05, 0) is 24.2 Å². The minimum Gasteiger partial charge on any atom is -0.481 e. The molecule has 2 unspecified atom stereocenters. The lowest BCUT2D eigenvalue weighted by Gasteiger charge is -2.40. The average molecular weight is 264 g/mol. The van der Waals surface area contributed by atoms with Crippen molar-refractivity contribution < 1.29 is 19.5 Å². The number of ketones is 2. The highest BCUT2D eigenvalue weighted by molar-refractivity contribution is 6.02. The van der Waals surface area contributed by atoms with Gasteiger partial charge in [-0.2, -0.15) is 0 Å². The smallest absolute Gasteiger partial charge is 0.307 e. The fraction of sp³-hybridized carbons (Fsp3) is 0.800. The van der Waals surface area contributed by atoms with Gasteiger partial charge >= 0.3 is 5.97 Å². The van der Waals surface area contributed by atoms with Gasteiger partial charge in [0.15, 0.2) is 0 Å². The molecule has 3 aliphatic carbocycles. The monoisotopic (exact) mass is 264 g/mol. The Kier molecular flexibility index (Phi) is 2.34. The second-order valence-corrected chi connectivity index (χ2v) is 6.96. The fourth-order valence-electron chi connectivity index (χ4n) is 5.41. The summed E-state index contributed by atoms with van der Waals surface area (Å²) in [5.74, 6) is -1.96. The number of aliphatic carboxylic acids is 1. The van der Waals surface area contributed by atoms with Gasteiger partial charge in [0.1, 0.15) is 11.6 Å². The summed E-state index contributed by atoms with van der Waals surface area (Å²) < 4.78 is 0. The summed E-state index contributed by atoms with van der Waals surface area (Å²) in [6.45, 7) is 5.57. The number of hydrogen-bond donors (Lipinski definition) is 1. The lowest BCUT2D eigenvalue weighted by atomic mass is 9.62. The van der Waals surface area contributed by atoms with Crippen molar-refractivity contribution in [2.45, 2.75) is 40.0 Å². The molecule has 0 radical (unpaired) electrons. The first-order valence-electron chi connectivity index (χ1n) is 7.06. The van der Waals surface area contributed by atoms with E-state index in [1.54, 1.807) is 6.92 Å². The van der Waals surface area contributed by atoms with Crippen LogP contribution in [0.4, 0.5) is 0 Å². The van der Waals surface area contributed by atoms with Gasteiger partial charge < -0.3 is 5.11 Å². The number of carbonyl (C=O) groups is 3. The van der Waals surface area contributed by atoms with E-state index in [2.05, 4.69) is 6.92 Å². The van der Waals surface area contributed by atoms with E-state index in [1.807, 2.05) is 6.92 Å². The first-order chi connectivity index (χ1) is 8.76. The van der Waals surface area contributed by atoms with E-state index in [-0.39, 0.29) is 34.7 Å². The van der Waals surface area contributed by atoms with Crippen molar-refractivity contribution >= 4 is 17.5 Å². The molecule has 3 saturated carbocycles. The second kappa shape index (κ2) is 3.47. The average Bonchev–Trinajstić information content (AvgIpc) is 2.69. The zero-order chi connectivity index (χ0) is 14.2. The Bertz CT molecular complexity index is 496. The third-order valence-corrected chi connectivity index (χ3v) is 6.50. The quantitative estimate of drug-likeness (QED) is 0.827. The Morgan fingerprint density at radius 2 is 2.00 bits per heavy atom. The van der Waals surface area contributed by atoms with E-state index < -0.39 is 17.3 Å². The predicted octanol–water partition coefficient (Wildman–Crippen LogP) is 1.92. The second-order valence-electron chi connectivity index (χ2n) is 6.96. The lowest BCUT2D eigenvalue weighted by molar-refractivity contribution is -0.152. The maximum atomic E-state index is 12.9. The highest BCUT2D eigenvalue weighted by Crippen LogP contribution is 2.72. The molecule has 3 fully saturated rings. The van der Waals surface area contributed by atoms with Gasteiger partial charge in [0, 0.05) is 23.7 Å². The number of carboxylic acid groups (broad SMARTS) is 1. The Balaban J connectivity index is 2.16. The third-order valence-electron chi connectivity index (χ3n) is 6.50. The first-order valence-corrected chi connectivity index (χ1v) is 7.06. The van der Waals surface area contributed by atoms with Crippen molar-refractivity contribution in [2.75, 3.05) is 0 Å². The molecule has 0 spiro atoms. The Hall–Kier alpha value is -1.19. The molecule has 4 bridgehead atoms. The number of carbonyl (C=O) groups excluding carboxylic acids is 2. The topological polar surface area (TPSA) is 71.4 Å². The van der Waals surface area contributed by atoms with Crippen LogP contribution in [0.15, 0.2) is 0 Å². The molecule has 1 N–H and O–H groups in total. The van der Waals surface area contributed by atoms with Crippen LogP contribution in [0.1, 0.15) is 40.0 Å². The molecule has 0 saturated heterocycles. The Morgan fingerprint density at radius 1 is 1.37 bits per heavy atom. The van der Waals surface area contributed by atoms with E-state index in [0.29, 0.717) is 12.8 Å². The normalized spacial score (nSPS) is 49.5. The zero-order valence-corrected chi connectivity index (χ0v) is 11.6. The number of rotatable bonds is 2. The largest absolute Gasteiger partial charge is 0.481 e. The predicted molar refractivity (Wildman–Crippen MR) is 67.3 cm³/mol. The van der Waals surface area contributed by atoms with Crippen molar-refractivity contribution in [3.8, 4) is 0 Å². The van der Waals surface area contributed by atoms with E-state index in [1.165, 1.54) is 0 Å². The van der Waals surface area contributed by atoms with Crippen LogP contribution in [0.25, 0.3) is 0 Å². The summed E-state index contributed by atoms with van der Waals surface area (Å²) in [5.41, 5.74) is -0.945. The molecular formula is C15H20O4. The lowest BCUT2D eigenvalue weighted by Crippen LogP contribution is -2.43. The molecule has 104 valence electrons. The number of carboxylic acids is 1. The van der Waals surface area contributed by atoms with Crippen molar-refractivity contribution in [3.63, 3.8) is 0 Å². The SMILES string of the molecule is CC(C(=O)O)C12CC[C@]3(C)[C@H](C1=O)[C@H](C)C(=O)C[C@H]23.